The van der Waals surface area contributed by atoms with E-state index in [9.17, 15) is 18.4 Å². The van der Waals surface area contributed by atoms with Crippen LogP contribution >= 0.6 is 0 Å². The predicted molar refractivity (Wildman–Crippen MR) is 76.2 cm³/mol. The van der Waals surface area contributed by atoms with Crippen molar-refractivity contribution in [1.29, 1.82) is 0 Å². The Kier molecular flexibility index (Phi) is 4.63. The van der Waals surface area contributed by atoms with E-state index in [2.05, 4.69) is 0 Å². The van der Waals surface area contributed by atoms with Gasteiger partial charge < -0.3 is 4.74 Å². The third-order valence-corrected chi connectivity index (χ3v) is 3.96. The third-order valence-electron chi connectivity index (χ3n) is 3.96. The van der Waals surface area contributed by atoms with E-state index in [1.807, 2.05) is 0 Å². The number of ether oxygens (including phenoxy) is 1. The van der Waals surface area contributed by atoms with E-state index in [1.165, 1.54) is 10.0 Å². The van der Waals surface area contributed by atoms with Crippen LogP contribution in [-0.2, 0) is 9.53 Å². The van der Waals surface area contributed by atoms with E-state index in [0.29, 0.717) is 19.5 Å². The van der Waals surface area contributed by atoms with Crippen LogP contribution in [0.4, 0.5) is 13.6 Å². The fourth-order valence-electron chi connectivity index (χ4n) is 2.84. The van der Waals surface area contributed by atoms with Crippen LogP contribution in [-0.4, -0.2) is 46.6 Å². The average Bonchev–Trinajstić information content (AvgIpc) is 2.85. The maximum atomic E-state index is 13.2. The summed E-state index contributed by atoms with van der Waals surface area (Å²) in [4.78, 5) is 24.7. The van der Waals surface area contributed by atoms with E-state index in [4.69, 9.17) is 4.74 Å². The molecule has 126 valence electrons. The van der Waals surface area contributed by atoms with Crippen molar-refractivity contribution in [3.8, 4) is 0 Å². The quantitative estimate of drug-likeness (QED) is 0.746. The lowest BCUT2D eigenvalue weighted by Gasteiger charge is -2.34. The zero-order chi connectivity index (χ0) is 16.5. The highest BCUT2D eigenvalue weighted by Gasteiger charge is 2.42. The molecule has 5 nitrogen and oxygen atoms in total. The van der Waals surface area contributed by atoms with Crippen molar-refractivity contribution < 1.29 is 23.1 Å². The van der Waals surface area contributed by atoms with Gasteiger partial charge in [0.1, 0.15) is 5.60 Å². The number of amides is 2. The Bertz CT molecular complexity index is 439. The van der Waals surface area contributed by atoms with Crippen molar-refractivity contribution >= 4 is 12.0 Å². The van der Waals surface area contributed by atoms with Crippen molar-refractivity contribution in [3.63, 3.8) is 0 Å². The van der Waals surface area contributed by atoms with Gasteiger partial charge in [0.15, 0.2) is 0 Å². The Morgan fingerprint density at radius 1 is 1.09 bits per heavy atom. The van der Waals surface area contributed by atoms with Crippen molar-refractivity contribution in [2.45, 2.75) is 64.4 Å². The van der Waals surface area contributed by atoms with Crippen LogP contribution in [0.15, 0.2) is 0 Å². The first-order valence-electron chi connectivity index (χ1n) is 7.79. The fourth-order valence-corrected chi connectivity index (χ4v) is 2.84. The number of carbonyl (C=O) groups excluding carboxylic acids is 2. The minimum Gasteiger partial charge on any atom is -0.442 e. The molecule has 2 amide bonds. The molecular weight excluding hydrogens is 294 g/mol. The van der Waals surface area contributed by atoms with Gasteiger partial charge in [-0.15, -0.1) is 0 Å². The standard InChI is InChI=1S/C15H24F2N2O3/c1-14(2,3)22-13(21)19-10-4-9-18(19)12(20)11-5-7-15(16,17)8-6-11/h11H,4-10H2,1-3H3. The SMILES string of the molecule is CC(C)(C)OC(=O)N1CCCN1C(=O)C1CCC(F)(F)CC1. The number of hydrogen-bond donors (Lipinski definition) is 0. The molecule has 1 heterocycles. The molecule has 7 heteroatoms. The van der Waals surface area contributed by atoms with E-state index in [-0.39, 0.29) is 31.6 Å². The third kappa shape index (κ3) is 4.08. The molecule has 1 saturated heterocycles. The second kappa shape index (κ2) is 6.01. The summed E-state index contributed by atoms with van der Waals surface area (Å²) in [6, 6.07) is 0. The van der Waals surface area contributed by atoms with Gasteiger partial charge >= 0.3 is 6.09 Å². The van der Waals surface area contributed by atoms with Gasteiger partial charge in [-0.1, -0.05) is 0 Å². The highest BCUT2D eigenvalue weighted by molar-refractivity contribution is 5.82. The largest absolute Gasteiger partial charge is 0.442 e. The monoisotopic (exact) mass is 318 g/mol. The van der Waals surface area contributed by atoms with Gasteiger partial charge in [-0.05, 0) is 40.0 Å². The first-order chi connectivity index (χ1) is 10.1. The lowest BCUT2D eigenvalue weighted by atomic mass is 9.86. The van der Waals surface area contributed by atoms with Crippen LogP contribution in [0, 0.1) is 5.92 Å². The van der Waals surface area contributed by atoms with Crippen LogP contribution in [0.5, 0.6) is 0 Å². The minimum atomic E-state index is -2.66. The fraction of sp³-hybridized carbons (Fsp3) is 0.867. The topological polar surface area (TPSA) is 49.9 Å². The first kappa shape index (κ1) is 17.0. The Morgan fingerprint density at radius 2 is 1.64 bits per heavy atom. The summed E-state index contributed by atoms with van der Waals surface area (Å²) in [5.41, 5.74) is -0.638. The van der Waals surface area contributed by atoms with Crippen molar-refractivity contribution in [2.75, 3.05) is 13.1 Å². The van der Waals surface area contributed by atoms with Crippen LogP contribution in [0.2, 0.25) is 0 Å². The molecule has 0 N–H and O–H groups in total. The second-order valence-corrected chi connectivity index (χ2v) is 7.05. The molecular formula is C15H24F2N2O3. The van der Waals surface area contributed by atoms with Crippen LogP contribution < -0.4 is 0 Å². The smallest absolute Gasteiger partial charge is 0.429 e. The summed E-state index contributed by atoms with van der Waals surface area (Å²) in [6.07, 6.45) is -0.0598. The van der Waals surface area contributed by atoms with Crippen LogP contribution in [0.3, 0.4) is 0 Å². The van der Waals surface area contributed by atoms with E-state index in [1.54, 1.807) is 20.8 Å². The van der Waals surface area contributed by atoms with Gasteiger partial charge in [-0.2, -0.15) is 0 Å². The molecule has 0 atom stereocenters. The predicted octanol–water partition coefficient (Wildman–Crippen LogP) is 3.20. The van der Waals surface area contributed by atoms with Crippen LogP contribution in [0.1, 0.15) is 52.9 Å². The van der Waals surface area contributed by atoms with E-state index in [0.717, 1.165) is 0 Å². The number of nitrogens with zero attached hydrogens (tertiary/aromatic N) is 2. The van der Waals surface area contributed by atoms with Gasteiger partial charge in [0.25, 0.3) is 0 Å². The molecule has 2 rings (SSSR count). The van der Waals surface area contributed by atoms with E-state index >= 15 is 0 Å². The summed E-state index contributed by atoms with van der Waals surface area (Å²) >= 11 is 0. The lowest BCUT2D eigenvalue weighted by molar-refractivity contribution is -0.151. The summed E-state index contributed by atoms with van der Waals surface area (Å²) in [7, 11) is 0. The molecule has 0 unspecified atom stereocenters. The zero-order valence-electron chi connectivity index (χ0n) is 13.4. The molecule has 1 saturated carbocycles. The van der Waals surface area contributed by atoms with Crippen molar-refractivity contribution in [3.05, 3.63) is 0 Å². The molecule has 0 aromatic carbocycles. The normalized spacial score (nSPS) is 22.8. The Balaban J connectivity index is 1.98. The van der Waals surface area contributed by atoms with Gasteiger partial charge in [0, 0.05) is 31.8 Å². The number of hydrogen-bond acceptors (Lipinski definition) is 3. The molecule has 1 aliphatic carbocycles. The second-order valence-electron chi connectivity index (χ2n) is 7.05. The Labute approximate surface area is 129 Å². The number of carbonyl (C=O) groups is 2. The Morgan fingerprint density at radius 3 is 2.18 bits per heavy atom. The van der Waals surface area contributed by atoms with Crippen LogP contribution in [0.25, 0.3) is 0 Å². The number of rotatable bonds is 1. The number of alkyl halides is 2. The molecule has 22 heavy (non-hydrogen) atoms. The van der Waals surface area contributed by atoms with Gasteiger partial charge in [0.2, 0.25) is 11.8 Å². The van der Waals surface area contributed by atoms with Crippen molar-refractivity contribution in [2.24, 2.45) is 5.92 Å². The number of halogens is 2. The number of hydrazine groups is 1. The Hall–Kier alpha value is -1.40. The molecule has 0 aromatic heterocycles. The molecule has 0 bridgehead atoms. The maximum Gasteiger partial charge on any atom is 0.429 e. The molecule has 2 aliphatic rings. The molecule has 0 radical (unpaired) electrons. The molecule has 2 fully saturated rings. The first-order valence-corrected chi connectivity index (χ1v) is 7.79. The highest BCUT2D eigenvalue weighted by Crippen LogP contribution is 2.37. The highest BCUT2D eigenvalue weighted by atomic mass is 19.3. The summed E-state index contributed by atoms with van der Waals surface area (Å²) in [6.45, 7) is 6.14. The maximum absolute atomic E-state index is 13.2. The summed E-state index contributed by atoms with van der Waals surface area (Å²) < 4.78 is 31.7. The van der Waals surface area contributed by atoms with Gasteiger partial charge in [-0.25, -0.2) is 23.6 Å². The molecule has 0 aromatic rings. The van der Waals surface area contributed by atoms with E-state index < -0.39 is 23.5 Å². The minimum absolute atomic E-state index is 0.171. The summed E-state index contributed by atoms with van der Waals surface area (Å²) in [5, 5.41) is 2.68. The average molecular weight is 318 g/mol. The summed E-state index contributed by atoms with van der Waals surface area (Å²) in [5.74, 6) is -3.33. The zero-order valence-corrected chi connectivity index (χ0v) is 13.4. The van der Waals surface area contributed by atoms with Crippen molar-refractivity contribution in [1.82, 2.24) is 10.0 Å². The lowest BCUT2D eigenvalue weighted by Crippen LogP contribution is -2.49. The molecule has 0 spiro atoms. The molecule has 1 aliphatic heterocycles. The van der Waals surface area contributed by atoms with Gasteiger partial charge in [0.05, 0.1) is 0 Å². The van der Waals surface area contributed by atoms with Gasteiger partial charge in [-0.3, -0.25) is 4.79 Å².